The number of rotatable bonds is 15. The zero-order valence-electron chi connectivity index (χ0n) is 33.6. The van der Waals surface area contributed by atoms with Gasteiger partial charge in [-0.2, -0.15) is 0 Å². The number of carbonyl (C=O) groups excluding carboxylic acids is 1. The Kier molecular flexibility index (Phi) is 13.3. The predicted molar refractivity (Wildman–Crippen MR) is 230 cm³/mol. The molecule has 3 aromatic carbocycles. The van der Waals surface area contributed by atoms with Crippen molar-refractivity contribution in [3.63, 3.8) is 0 Å². The third kappa shape index (κ3) is 9.70. The van der Waals surface area contributed by atoms with E-state index in [1.807, 2.05) is 60.4 Å². The first-order chi connectivity index (χ1) is 25.4. The Morgan fingerprint density at radius 3 is 1.87 bits per heavy atom. The number of carbonyl (C=O) groups is 1. The van der Waals surface area contributed by atoms with Gasteiger partial charge in [-0.05, 0) is 72.0 Å². The third-order valence-electron chi connectivity index (χ3n) is 11.0. The first-order valence-corrected chi connectivity index (χ1v) is 27.5. The van der Waals surface area contributed by atoms with Crippen LogP contribution in [0.15, 0.2) is 107 Å². The summed E-state index contributed by atoms with van der Waals surface area (Å²) in [6.07, 6.45) is 1.13. The molecular formula is C43H59N2O6PSi2. The van der Waals surface area contributed by atoms with Crippen molar-refractivity contribution in [1.29, 1.82) is 0 Å². The van der Waals surface area contributed by atoms with Crippen LogP contribution in [-0.4, -0.2) is 56.4 Å². The van der Waals surface area contributed by atoms with Crippen molar-refractivity contribution in [3.8, 4) is 0 Å². The van der Waals surface area contributed by atoms with Gasteiger partial charge in [0.1, 0.15) is 13.0 Å². The molecule has 1 fully saturated rings. The quantitative estimate of drug-likeness (QED) is 0.0714. The van der Waals surface area contributed by atoms with Crippen molar-refractivity contribution in [2.24, 2.45) is 5.92 Å². The van der Waals surface area contributed by atoms with E-state index in [0.29, 0.717) is 25.2 Å². The van der Waals surface area contributed by atoms with Crippen LogP contribution in [0.1, 0.15) is 45.4 Å². The van der Waals surface area contributed by atoms with E-state index in [1.165, 1.54) is 4.57 Å². The summed E-state index contributed by atoms with van der Waals surface area (Å²) in [5.41, 5.74) is -0.421. The van der Waals surface area contributed by atoms with Crippen molar-refractivity contribution < 1.29 is 18.7 Å². The van der Waals surface area contributed by atoms with Crippen LogP contribution in [0.2, 0.25) is 43.8 Å². The molecule has 0 saturated carbocycles. The number of hydrogen-bond donors (Lipinski definition) is 0. The molecule has 0 radical (unpaired) electrons. The molecule has 0 aliphatic carbocycles. The maximum Gasteiger partial charge on any atom is 0.335 e. The van der Waals surface area contributed by atoms with Crippen LogP contribution in [0.25, 0.3) is 0 Å². The van der Waals surface area contributed by atoms with E-state index in [2.05, 4.69) is 89.9 Å². The average Bonchev–Trinajstić information content (AvgIpc) is 3.53. The van der Waals surface area contributed by atoms with E-state index in [1.54, 1.807) is 13.1 Å². The lowest BCUT2D eigenvalue weighted by molar-refractivity contribution is -0.114. The number of hydrogen-bond acceptors (Lipinski definition) is 6. The number of nitrogens with zero attached hydrogens (tertiary/aromatic N) is 2. The van der Waals surface area contributed by atoms with E-state index >= 15 is 0 Å². The van der Waals surface area contributed by atoms with Crippen LogP contribution in [0.3, 0.4) is 0 Å². The molecule has 8 nitrogen and oxygen atoms in total. The van der Waals surface area contributed by atoms with E-state index in [0.717, 1.165) is 26.5 Å². The Labute approximate surface area is 323 Å². The number of aryl methyl sites for hydroxylation is 1. The highest BCUT2D eigenvalue weighted by atomic mass is 31.2. The van der Waals surface area contributed by atoms with Gasteiger partial charge in [0, 0.05) is 32.9 Å². The zero-order valence-corrected chi connectivity index (χ0v) is 36.5. The van der Waals surface area contributed by atoms with E-state index < -0.39 is 41.3 Å². The highest BCUT2D eigenvalue weighted by Gasteiger charge is 2.42. The second-order valence-electron chi connectivity index (χ2n) is 17.3. The minimum absolute atomic E-state index is 0.0196. The molecule has 0 N–H and O–H groups in total. The van der Waals surface area contributed by atoms with Crippen molar-refractivity contribution in [3.05, 3.63) is 124 Å². The van der Waals surface area contributed by atoms with E-state index in [-0.39, 0.29) is 35.5 Å². The minimum atomic E-state index is -2.52. The highest BCUT2D eigenvalue weighted by molar-refractivity contribution is 7.95. The van der Waals surface area contributed by atoms with Gasteiger partial charge >= 0.3 is 5.69 Å². The number of ether oxygens (including phenoxy) is 2. The first-order valence-electron chi connectivity index (χ1n) is 19.1. The van der Waals surface area contributed by atoms with Crippen LogP contribution >= 0.6 is 6.89 Å². The molecule has 2 heterocycles. The Morgan fingerprint density at radius 1 is 0.870 bits per heavy atom. The van der Waals surface area contributed by atoms with Crippen molar-refractivity contribution in [2.45, 2.75) is 103 Å². The van der Waals surface area contributed by atoms with Gasteiger partial charge in [0.2, 0.25) is 0 Å². The summed E-state index contributed by atoms with van der Waals surface area (Å²) < 4.78 is 22.0. The van der Waals surface area contributed by atoms with Crippen LogP contribution in [-0.2, 0) is 25.4 Å². The average molecular weight is 787 g/mol. The van der Waals surface area contributed by atoms with Gasteiger partial charge in [-0.15, -0.1) is 0 Å². The van der Waals surface area contributed by atoms with Crippen LogP contribution in [0, 0.1) is 12.8 Å². The maximum atomic E-state index is 14.7. The largest absolute Gasteiger partial charge is 0.414 e. The molecule has 0 spiro atoms. The lowest BCUT2D eigenvalue weighted by atomic mass is 9.95. The Balaban J connectivity index is 1.53. The summed E-state index contributed by atoms with van der Waals surface area (Å²) in [6.45, 7) is 17.7. The molecule has 0 unspecified atom stereocenters. The fourth-order valence-electron chi connectivity index (χ4n) is 6.66. The topological polar surface area (TPSA) is 88.8 Å². The fourth-order valence-corrected chi connectivity index (χ4v) is 12.2. The molecule has 1 aliphatic rings. The molecule has 3 atom stereocenters. The molecule has 290 valence electrons. The van der Waals surface area contributed by atoms with Gasteiger partial charge in [-0.3, -0.25) is 14.2 Å². The van der Waals surface area contributed by atoms with Gasteiger partial charge in [0.05, 0.1) is 12.7 Å². The van der Waals surface area contributed by atoms with Gasteiger partial charge in [0.15, 0.2) is 14.1 Å². The Hall–Kier alpha value is -3.38. The number of Topliss-reactive ketones (excluding diaryl/α,β-unsaturated/α-hetero) is 1. The zero-order chi connectivity index (χ0) is 39.3. The van der Waals surface area contributed by atoms with E-state index in [9.17, 15) is 14.4 Å². The second kappa shape index (κ2) is 17.2. The van der Waals surface area contributed by atoms with Crippen molar-refractivity contribution >= 4 is 50.8 Å². The molecule has 1 aliphatic heterocycles. The standard InChI is InChI=1S/C43H59N2O6PSi2/c1-33-29-44(42(48)45(41(33)47)32-49-25-26-53(5,6)7)40-28-34(39(51-40)30-50-54(8,9)43(2,3)4)27-35(46)31-52(36-19-13-10-14-20-36,37-21-15-11-16-22-37)38-23-17-12-18-24-38/h10-24,29,31,34,39-40H,25-28,30,32H2,1-9H3/t34-,39+,40+/m0/s1. The molecule has 54 heavy (non-hydrogen) atoms. The monoisotopic (exact) mass is 786 g/mol. The van der Waals surface area contributed by atoms with Gasteiger partial charge in [-0.1, -0.05) is 131 Å². The smallest absolute Gasteiger partial charge is 0.335 e. The summed E-state index contributed by atoms with van der Waals surface area (Å²) in [5.74, 6) is 1.78. The minimum Gasteiger partial charge on any atom is -0.414 e. The summed E-state index contributed by atoms with van der Waals surface area (Å²) in [7, 11) is -3.53. The Bertz CT molecular complexity index is 1950. The van der Waals surface area contributed by atoms with Gasteiger partial charge in [0.25, 0.3) is 5.56 Å². The number of ketones is 1. The molecular weight excluding hydrogens is 728 g/mol. The molecule has 5 rings (SSSR count). The van der Waals surface area contributed by atoms with Gasteiger partial charge < -0.3 is 13.9 Å². The molecule has 4 aromatic rings. The van der Waals surface area contributed by atoms with Crippen LogP contribution in [0.5, 0.6) is 0 Å². The molecule has 1 aromatic heterocycles. The van der Waals surface area contributed by atoms with Crippen molar-refractivity contribution in [2.75, 3.05) is 13.2 Å². The lowest BCUT2D eigenvalue weighted by Gasteiger charge is -2.37. The van der Waals surface area contributed by atoms with Gasteiger partial charge in [-0.25, -0.2) is 9.36 Å². The number of benzene rings is 3. The van der Waals surface area contributed by atoms with Crippen LogP contribution in [0.4, 0.5) is 0 Å². The third-order valence-corrected chi connectivity index (χ3v) is 21.2. The predicted octanol–water partition coefficient (Wildman–Crippen LogP) is 7.31. The molecule has 0 bridgehead atoms. The number of aromatic nitrogens is 2. The van der Waals surface area contributed by atoms with Crippen molar-refractivity contribution in [1.82, 2.24) is 9.13 Å². The maximum absolute atomic E-state index is 14.7. The SMILES string of the molecule is Cc1cn([C@H]2C[C@H](CC(=O)C=P(c3ccccc3)(c3ccccc3)c3ccccc3)[C@@H](CO[Si](C)(C)C(C)(C)C)O2)c(=O)n(COCC[Si](C)(C)C)c1=O. The fraction of sp³-hybridized carbons (Fsp3) is 0.442. The highest BCUT2D eigenvalue weighted by Crippen LogP contribution is 2.45. The summed E-state index contributed by atoms with van der Waals surface area (Å²) in [6, 6.07) is 31.9. The van der Waals surface area contributed by atoms with Crippen LogP contribution < -0.4 is 27.2 Å². The summed E-state index contributed by atoms with van der Waals surface area (Å²) in [4.78, 5) is 41.8. The normalized spacial score (nSPS) is 18.1. The molecule has 11 heteroatoms. The molecule has 0 amide bonds. The Morgan fingerprint density at radius 2 is 1.39 bits per heavy atom. The first kappa shape index (κ1) is 41.8. The summed E-state index contributed by atoms with van der Waals surface area (Å²) in [5, 5.41) is 3.29. The summed E-state index contributed by atoms with van der Waals surface area (Å²) >= 11 is 0. The second-order valence-corrected chi connectivity index (χ2v) is 31.0. The van der Waals surface area contributed by atoms with E-state index in [4.69, 9.17) is 13.9 Å². The lowest BCUT2D eigenvalue weighted by Crippen LogP contribution is -2.44. The molecule has 1 saturated heterocycles.